The normalized spacial score (nSPS) is 22.1. The van der Waals surface area contributed by atoms with Crippen LogP contribution in [0.5, 0.6) is 0 Å². The Morgan fingerprint density at radius 1 is 1.43 bits per heavy atom. The first-order valence-electron chi connectivity index (χ1n) is 4.30. The first-order valence-corrected chi connectivity index (χ1v) is 6.48. The topological polar surface area (TPSA) is 75.6 Å². The molecule has 84 valence electrons. The Bertz CT molecular complexity index is 273. The van der Waals surface area contributed by atoms with Gasteiger partial charge in [-0.15, -0.1) is 11.6 Å². The van der Waals surface area contributed by atoms with Crippen molar-refractivity contribution in [3.05, 3.63) is 0 Å². The maximum Gasteiger partial charge on any atom is 0.226 e. The van der Waals surface area contributed by atoms with Crippen LogP contribution in [0.1, 0.15) is 12.8 Å². The van der Waals surface area contributed by atoms with Gasteiger partial charge in [0.25, 0.3) is 0 Å². The minimum atomic E-state index is -3.49. The third-order valence-corrected chi connectivity index (χ3v) is 4.16. The molecule has 1 heterocycles. The van der Waals surface area contributed by atoms with Gasteiger partial charge in [0.1, 0.15) is 5.21 Å². The zero-order valence-electron chi connectivity index (χ0n) is 7.70. The number of rotatable bonds is 4. The van der Waals surface area contributed by atoms with E-state index in [4.69, 9.17) is 16.3 Å². The van der Waals surface area contributed by atoms with Gasteiger partial charge in [0, 0.05) is 13.2 Å². The molecule has 1 saturated heterocycles. The standard InChI is InChI=1S/C7H14ClNO4S/c8-6-14(11,12)9-7(5-10)1-3-13-4-2-7/h9-10H,1-6H2. The van der Waals surface area contributed by atoms with Gasteiger partial charge in [0.15, 0.2) is 0 Å². The van der Waals surface area contributed by atoms with E-state index in [1.165, 1.54) is 0 Å². The molecule has 0 aromatic carbocycles. The van der Waals surface area contributed by atoms with Crippen molar-refractivity contribution in [2.45, 2.75) is 18.4 Å². The van der Waals surface area contributed by atoms with Gasteiger partial charge in [0.05, 0.1) is 12.1 Å². The van der Waals surface area contributed by atoms with Crippen molar-refractivity contribution in [2.24, 2.45) is 0 Å². The molecule has 0 bridgehead atoms. The fraction of sp³-hybridized carbons (Fsp3) is 1.00. The number of nitrogens with one attached hydrogen (secondary N) is 1. The van der Waals surface area contributed by atoms with Crippen molar-refractivity contribution < 1.29 is 18.3 Å². The minimum Gasteiger partial charge on any atom is -0.394 e. The Kier molecular flexibility index (Phi) is 4.15. The summed E-state index contributed by atoms with van der Waals surface area (Å²) in [4.78, 5) is 0. The lowest BCUT2D eigenvalue weighted by atomic mass is 9.93. The van der Waals surface area contributed by atoms with Crippen molar-refractivity contribution in [1.29, 1.82) is 0 Å². The van der Waals surface area contributed by atoms with Gasteiger partial charge in [-0.1, -0.05) is 0 Å². The van der Waals surface area contributed by atoms with Crippen molar-refractivity contribution in [3.63, 3.8) is 0 Å². The van der Waals surface area contributed by atoms with Crippen molar-refractivity contribution in [3.8, 4) is 0 Å². The lowest BCUT2D eigenvalue weighted by Crippen LogP contribution is -2.54. The summed E-state index contributed by atoms with van der Waals surface area (Å²) in [5.41, 5.74) is -0.786. The molecule has 0 aromatic rings. The number of halogens is 1. The maximum atomic E-state index is 11.2. The highest BCUT2D eigenvalue weighted by Gasteiger charge is 2.35. The van der Waals surface area contributed by atoms with E-state index in [0.29, 0.717) is 26.1 Å². The van der Waals surface area contributed by atoms with Crippen LogP contribution in [-0.4, -0.2) is 44.1 Å². The van der Waals surface area contributed by atoms with E-state index in [1.807, 2.05) is 0 Å². The molecular formula is C7H14ClNO4S. The van der Waals surface area contributed by atoms with Crippen LogP contribution in [0.15, 0.2) is 0 Å². The Hall–Kier alpha value is 0.120. The largest absolute Gasteiger partial charge is 0.394 e. The molecule has 5 nitrogen and oxygen atoms in total. The Labute approximate surface area is 88.4 Å². The highest BCUT2D eigenvalue weighted by Crippen LogP contribution is 2.21. The van der Waals surface area contributed by atoms with Crippen LogP contribution in [0.3, 0.4) is 0 Å². The molecule has 2 N–H and O–H groups in total. The number of ether oxygens (including phenoxy) is 1. The van der Waals surface area contributed by atoms with E-state index in [9.17, 15) is 13.5 Å². The molecule has 0 saturated carbocycles. The van der Waals surface area contributed by atoms with Crippen LogP contribution in [0, 0.1) is 0 Å². The molecule has 1 rings (SSSR count). The molecular weight excluding hydrogens is 230 g/mol. The average Bonchev–Trinajstić information content (AvgIpc) is 2.19. The molecule has 0 unspecified atom stereocenters. The molecule has 0 radical (unpaired) electrons. The second-order valence-electron chi connectivity index (χ2n) is 3.38. The molecule has 0 amide bonds. The molecule has 0 spiro atoms. The van der Waals surface area contributed by atoms with Crippen LogP contribution in [0.2, 0.25) is 0 Å². The fourth-order valence-electron chi connectivity index (χ4n) is 1.41. The zero-order chi connectivity index (χ0) is 10.7. The first-order chi connectivity index (χ1) is 6.54. The second kappa shape index (κ2) is 4.76. The van der Waals surface area contributed by atoms with E-state index in [1.54, 1.807) is 0 Å². The van der Waals surface area contributed by atoms with Gasteiger partial charge < -0.3 is 9.84 Å². The van der Waals surface area contributed by atoms with E-state index in [-0.39, 0.29) is 6.61 Å². The summed E-state index contributed by atoms with van der Waals surface area (Å²) >= 11 is 5.27. The number of aliphatic hydroxyl groups excluding tert-OH is 1. The molecule has 1 aliphatic rings. The third kappa shape index (κ3) is 3.06. The van der Waals surface area contributed by atoms with Gasteiger partial charge in [-0.05, 0) is 12.8 Å². The molecule has 0 atom stereocenters. The van der Waals surface area contributed by atoms with E-state index in [2.05, 4.69) is 4.72 Å². The fourth-order valence-corrected chi connectivity index (χ4v) is 2.56. The van der Waals surface area contributed by atoms with Crippen molar-refractivity contribution in [1.82, 2.24) is 4.72 Å². The van der Waals surface area contributed by atoms with E-state index in [0.717, 1.165) is 0 Å². The SMILES string of the molecule is O=S(=O)(CCl)NC1(CO)CCOCC1. The predicted octanol–water partition coefficient (Wildman–Crippen LogP) is -0.356. The summed E-state index contributed by atoms with van der Waals surface area (Å²) < 4.78 is 30.0. The summed E-state index contributed by atoms with van der Waals surface area (Å²) in [6.07, 6.45) is 0.944. The Balaban J connectivity index is 2.70. The molecule has 1 fully saturated rings. The first kappa shape index (κ1) is 12.2. The predicted molar refractivity (Wildman–Crippen MR) is 52.6 cm³/mol. The van der Waals surface area contributed by atoms with Crippen LogP contribution in [0.25, 0.3) is 0 Å². The highest BCUT2D eigenvalue weighted by molar-refractivity contribution is 7.90. The molecule has 1 aliphatic heterocycles. The van der Waals surface area contributed by atoms with Gasteiger partial charge in [-0.2, -0.15) is 0 Å². The number of sulfonamides is 1. The van der Waals surface area contributed by atoms with Crippen LogP contribution >= 0.6 is 11.6 Å². The Morgan fingerprint density at radius 3 is 2.43 bits per heavy atom. The lowest BCUT2D eigenvalue weighted by Gasteiger charge is -2.35. The smallest absolute Gasteiger partial charge is 0.226 e. The number of hydrogen-bond donors (Lipinski definition) is 2. The van der Waals surface area contributed by atoms with Crippen LogP contribution < -0.4 is 4.72 Å². The van der Waals surface area contributed by atoms with Gasteiger partial charge in [0.2, 0.25) is 10.0 Å². The maximum absolute atomic E-state index is 11.2. The molecule has 0 aromatic heterocycles. The summed E-state index contributed by atoms with van der Waals surface area (Å²) in [6.45, 7) is 0.670. The summed E-state index contributed by atoms with van der Waals surface area (Å²) in [5, 5.41) is 8.68. The van der Waals surface area contributed by atoms with Gasteiger partial charge in [-0.25, -0.2) is 13.1 Å². The van der Waals surface area contributed by atoms with Crippen LogP contribution in [-0.2, 0) is 14.8 Å². The number of alkyl halides is 1. The average molecular weight is 244 g/mol. The lowest BCUT2D eigenvalue weighted by molar-refractivity contribution is 0.0223. The third-order valence-electron chi connectivity index (χ3n) is 2.27. The molecule has 14 heavy (non-hydrogen) atoms. The van der Waals surface area contributed by atoms with Gasteiger partial charge in [-0.3, -0.25) is 0 Å². The van der Waals surface area contributed by atoms with E-state index >= 15 is 0 Å². The van der Waals surface area contributed by atoms with E-state index < -0.39 is 20.8 Å². The quantitative estimate of drug-likeness (QED) is 0.662. The summed E-state index contributed by atoms with van der Waals surface area (Å²) in [6, 6.07) is 0. The van der Waals surface area contributed by atoms with Gasteiger partial charge >= 0.3 is 0 Å². The number of hydrogen-bond acceptors (Lipinski definition) is 4. The summed E-state index contributed by atoms with van der Waals surface area (Å²) in [7, 11) is -3.49. The van der Waals surface area contributed by atoms with Crippen molar-refractivity contribution >= 4 is 21.6 Å². The minimum absolute atomic E-state index is 0.230. The van der Waals surface area contributed by atoms with Crippen molar-refractivity contribution in [2.75, 3.05) is 25.0 Å². The summed E-state index contributed by atoms with van der Waals surface area (Å²) in [5.74, 6) is 0. The zero-order valence-corrected chi connectivity index (χ0v) is 9.27. The second-order valence-corrected chi connectivity index (χ2v) is 5.68. The molecule has 7 heteroatoms. The highest BCUT2D eigenvalue weighted by atomic mass is 35.5. The number of aliphatic hydroxyl groups is 1. The Morgan fingerprint density at radius 2 is 2.00 bits per heavy atom. The monoisotopic (exact) mass is 243 g/mol. The van der Waals surface area contributed by atoms with Crippen LogP contribution in [0.4, 0.5) is 0 Å². The molecule has 0 aliphatic carbocycles.